The van der Waals surface area contributed by atoms with E-state index in [2.05, 4.69) is 0 Å². The van der Waals surface area contributed by atoms with E-state index in [1.165, 1.54) is 11.8 Å². The number of benzene rings is 1. The van der Waals surface area contributed by atoms with E-state index in [1.807, 2.05) is 6.92 Å². The van der Waals surface area contributed by atoms with Crippen molar-refractivity contribution >= 4 is 17.5 Å². The van der Waals surface area contributed by atoms with Crippen molar-refractivity contribution in [1.29, 1.82) is 0 Å². The van der Waals surface area contributed by atoms with Gasteiger partial charge in [0.25, 0.3) is 0 Å². The van der Waals surface area contributed by atoms with Gasteiger partial charge < -0.3 is 0 Å². The second kappa shape index (κ2) is 4.60. The van der Waals surface area contributed by atoms with Crippen LogP contribution in [0.5, 0.6) is 0 Å². The Bertz CT molecular complexity index is 361. The molecule has 0 saturated carbocycles. The van der Waals surface area contributed by atoms with Crippen LogP contribution in [0.1, 0.15) is 29.3 Å². The summed E-state index contributed by atoms with van der Waals surface area (Å²) >= 11 is 1.32. The SMILES string of the molecule is CCC(=O)c1cc(C)cc(SC)c1F. The molecule has 0 atom stereocenters. The summed E-state index contributed by atoms with van der Waals surface area (Å²) < 4.78 is 13.6. The highest BCUT2D eigenvalue weighted by atomic mass is 32.2. The Balaban J connectivity index is 3.29. The molecule has 0 aromatic heterocycles. The topological polar surface area (TPSA) is 17.1 Å². The number of carbonyl (C=O) groups excluding carboxylic acids is 1. The number of rotatable bonds is 3. The van der Waals surface area contributed by atoms with Crippen LogP contribution in [0.4, 0.5) is 4.39 Å². The van der Waals surface area contributed by atoms with Crippen molar-refractivity contribution in [1.82, 2.24) is 0 Å². The molecule has 0 bridgehead atoms. The number of hydrogen-bond donors (Lipinski definition) is 0. The highest BCUT2D eigenvalue weighted by Crippen LogP contribution is 2.24. The van der Waals surface area contributed by atoms with Gasteiger partial charge in [-0.3, -0.25) is 4.79 Å². The van der Waals surface area contributed by atoms with Gasteiger partial charge in [-0.1, -0.05) is 6.92 Å². The Morgan fingerprint density at radius 3 is 2.64 bits per heavy atom. The van der Waals surface area contributed by atoms with E-state index in [4.69, 9.17) is 0 Å². The summed E-state index contributed by atoms with van der Waals surface area (Å²) in [6.45, 7) is 3.61. The van der Waals surface area contributed by atoms with Gasteiger partial charge in [0, 0.05) is 11.3 Å². The number of ketones is 1. The molecular formula is C11H13FOS. The van der Waals surface area contributed by atoms with Crippen LogP contribution in [-0.2, 0) is 0 Å². The molecule has 1 aromatic rings. The predicted octanol–water partition coefficient (Wildman–Crippen LogP) is 3.45. The van der Waals surface area contributed by atoms with Gasteiger partial charge in [0.15, 0.2) is 5.78 Å². The maximum atomic E-state index is 13.6. The van der Waals surface area contributed by atoms with Crippen molar-refractivity contribution in [3.63, 3.8) is 0 Å². The Morgan fingerprint density at radius 2 is 2.14 bits per heavy atom. The molecule has 3 heteroatoms. The predicted molar refractivity (Wildman–Crippen MR) is 57.5 cm³/mol. The second-order valence-corrected chi connectivity index (χ2v) is 3.95. The third-order valence-corrected chi connectivity index (χ3v) is 2.76. The summed E-state index contributed by atoms with van der Waals surface area (Å²) in [6.07, 6.45) is 2.15. The zero-order valence-corrected chi connectivity index (χ0v) is 9.37. The molecule has 0 radical (unpaired) electrons. The fraction of sp³-hybridized carbons (Fsp3) is 0.364. The average Bonchev–Trinajstić information content (AvgIpc) is 2.19. The molecule has 0 heterocycles. The number of hydrogen-bond acceptors (Lipinski definition) is 2. The van der Waals surface area contributed by atoms with E-state index in [0.29, 0.717) is 11.3 Å². The quantitative estimate of drug-likeness (QED) is 0.564. The van der Waals surface area contributed by atoms with Gasteiger partial charge in [0.1, 0.15) is 5.82 Å². The monoisotopic (exact) mass is 212 g/mol. The van der Waals surface area contributed by atoms with E-state index in [0.717, 1.165) is 5.56 Å². The minimum Gasteiger partial charge on any atom is -0.294 e. The van der Waals surface area contributed by atoms with Crippen LogP contribution in [0.15, 0.2) is 17.0 Å². The molecule has 1 aromatic carbocycles. The number of carbonyl (C=O) groups is 1. The Hall–Kier alpha value is -0.830. The highest BCUT2D eigenvalue weighted by Gasteiger charge is 2.13. The molecule has 76 valence electrons. The van der Waals surface area contributed by atoms with E-state index in [-0.39, 0.29) is 17.2 Å². The molecule has 0 saturated heterocycles. The first kappa shape index (κ1) is 11.2. The Morgan fingerprint density at radius 1 is 1.50 bits per heavy atom. The van der Waals surface area contributed by atoms with Crippen LogP contribution in [0.3, 0.4) is 0 Å². The normalized spacial score (nSPS) is 10.3. The van der Waals surface area contributed by atoms with Crippen LogP contribution in [0.25, 0.3) is 0 Å². The van der Waals surface area contributed by atoms with E-state index in [9.17, 15) is 9.18 Å². The lowest BCUT2D eigenvalue weighted by Gasteiger charge is -2.06. The van der Waals surface area contributed by atoms with E-state index in [1.54, 1.807) is 25.3 Å². The smallest absolute Gasteiger partial charge is 0.165 e. The highest BCUT2D eigenvalue weighted by molar-refractivity contribution is 7.98. The van der Waals surface area contributed by atoms with Crippen LogP contribution < -0.4 is 0 Å². The first-order valence-corrected chi connectivity index (χ1v) is 5.70. The minimum atomic E-state index is -0.380. The lowest BCUT2D eigenvalue weighted by molar-refractivity contribution is 0.0983. The largest absolute Gasteiger partial charge is 0.294 e. The molecule has 0 aliphatic carbocycles. The third kappa shape index (κ3) is 2.15. The molecule has 14 heavy (non-hydrogen) atoms. The summed E-state index contributed by atoms with van der Waals surface area (Å²) in [5, 5.41) is 0. The van der Waals surface area contributed by atoms with Crippen molar-refractivity contribution in [2.75, 3.05) is 6.26 Å². The third-order valence-electron chi connectivity index (χ3n) is 2.03. The number of Topliss-reactive ketones (excluding diaryl/α,β-unsaturated/α-hetero) is 1. The van der Waals surface area contributed by atoms with Gasteiger partial charge >= 0.3 is 0 Å². The summed E-state index contributed by atoms with van der Waals surface area (Å²) in [5.41, 5.74) is 1.14. The van der Waals surface area contributed by atoms with Crippen LogP contribution in [0, 0.1) is 12.7 Å². The van der Waals surface area contributed by atoms with Gasteiger partial charge in [-0.15, -0.1) is 11.8 Å². The zero-order chi connectivity index (χ0) is 10.7. The van der Waals surface area contributed by atoms with Crippen LogP contribution in [0.2, 0.25) is 0 Å². The van der Waals surface area contributed by atoms with Crippen molar-refractivity contribution in [2.24, 2.45) is 0 Å². The molecule has 0 spiro atoms. The fourth-order valence-electron chi connectivity index (χ4n) is 1.28. The molecular weight excluding hydrogens is 199 g/mol. The molecule has 0 N–H and O–H groups in total. The van der Waals surface area contributed by atoms with Gasteiger partial charge in [0.05, 0.1) is 5.56 Å². The van der Waals surface area contributed by atoms with Crippen molar-refractivity contribution in [3.05, 3.63) is 29.1 Å². The maximum Gasteiger partial charge on any atom is 0.165 e. The molecule has 0 fully saturated rings. The minimum absolute atomic E-state index is 0.137. The summed E-state index contributed by atoms with van der Waals surface area (Å²) in [7, 11) is 0. The molecule has 1 rings (SSSR count). The lowest BCUT2D eigenvalue weighted by Crippen LogP contribution is -2.02. The summed E-state index contributed by atoms with van der Waals surface area (Å²) in [5.74, 6) is -0.517. The zero-order valence-electron chi connectivity index (χ0n) is 8.56. The van der Waals surface area contributed by atoms with Crippen molar-refractivity contribution < 1.29 is 9.18 Å². The number of halogens is 1. The van der Waals surface area contributed by atoms with Gasteiger partial charge in [0.2, 0.25) is 0 Å². The van der Waals surface area contributed by atoms with Gasteiger partial charge in [-0.2, -0.15) is 0 Å². The Kier molecular flexibility index (Phi) is 3.69. The lowest BCUT2D eigenvalue weighted by atomic mass is 10.1. The molecule has 0 amide bonds. The first-order chi connectivity index (χ1) is 6.60. The standard InChI is InChI=1S/C11H13FOS/c1-4-9(13)8-5-7(2)6-10(14-3)11(8)12/h5-6H,4H2,1-3H3. The molecule has 1 nitrogen and oxygen atoms in total. The average molecular weight is 212 g/mol. The second-order valence-electron chi connectivity index (χ2n) is 3.11. The van der Waals surface area contributed by atoms with Gasteiger partial charge in [-0.05, 0) is 30.9 Å². The first-order valence-electron chi connectivity index (χ1n) is 4.47. The summed E-state index contributed by atoms with van der Waals surface area (Å²) in [6, 6.07) is 3.37. The molecule has 0 unspecified atom stereocenters. The van der Waals surface area contributed by atoms with Crippen molar-refractivity contribution in [3.8, 4) is 0 Å². The van der Waals surface area contributed by atoms with Gasteiger partial charge in [-0.25, -0.2) is 4.39 Å². The number of aryl methyl sites for hydroxylation is 1. The molecule has 0 aliphatic heterocycles. The molecule has 0 aliphatic rings. The number of thioether (sulfide) groups is 1. The maximum absolute atomic E-state index is 13.6. The Labute approximate surface area is 87.7 Å². The fourth-order valence-corrected chi connectivity index (χ4v) is 1.87. The van der Waals surface area contributed by atoms with E-state index >= 15 is 0 Å². The van der Waals surface area contributed by atoms with Crippen LogP contribution in [-0.4, -0.2) is 12.0 Å². The van der Waals surface area contributed by atoms with Crippen molar-refractivity contribution in [2.45, 2.75) is 25.2 Å². The van der Waals surface area contributed by atoms with Crippen LogP contribution >= 0.6 is 11.8 Å². The summed E-state index contributed by atoms with van der Waals surface area (Å²) in [4.78, 5) is 11.9. The van der Waals surface area contributed by atoms with E-state index < -0.39 is 0 Å².